The molecule has 0 spiro atoms. The average Bonchev–Trinajstić information content (AvgIpc) is 1.88. The van der Waals surface area contributed by atoms with Crippen LogP contribution in [0.1, 0.15) is 19.3 Å². The van der Waals surface area contributed by atoms with Crippen molar-refractivity contribution in [2.24, 2.45) is 0 Å². The topological polar surface area (TPSA) is 12.0 Å². The Balaban J connectivity index is 2.39. The van der Waals surface area contributed by atoms with Gasteiger partial charge in [0.2, 0.25) is 0 Å². The zero-order valence-electron chi connectivity index (χ0n) is 5.54. The maximum Gasteiger partial charge on any atom is 0.403 e. The molecule has 1 heterocycles. The molecule has 0 unspecified atom stereocenters. The number of halogens is 3. The minimum atomic E-state index is -4.04. The number of piperidine rings is 1. The lowest BCUT2D eigenvalue weighted by atomic mass is 10.1. The summed E-state index contributed by atoms with van der Waals surface area (Å²) in [6.45, 7) is 0.504. The summed E-state index contributed by atoms with van der Waals surface area (Å²) < 4.78 is 35.6. The van der Waals surface area contributed by atoms with Gasteiger partial charge in [0, 0.05) is 0 Å². The van der Waals surface area contributed by atoms with Crippen LogP contribution in [0.25, 0.3) is 0 Å². The van der Waals surface area contributed by atoms with E-state index in [0.29, 0.717) is 13.0 Å². The van der Waals surface area contributed by atoms with E-state index in [0.717, 1.165) is 6.42 Å². The van der Waals surface area contributed by atoms with Gasteiger partial charge in [0.15, 0.2) is 0 Å². The first kappa shape index (κ1) is 7.85. The minimum Gasteiger partial charge on any atom is -0.306 e. The van der Waals surface area contributed by atoms with Gasteiger partial charge in [0.1, 0.15) is 6.04 Å². The molecule has 0 saturated carbocycles. The Labute approximate surface area is 57.6 Å². The highest BCUT2D eigenvalue weighted by Gasteiger charge is 2.39. The molecule has 0 radical (unpaired) electrons. The van der Waals surface area contributed by atoms with Crippen LogP contribution in [-0.4, -0.2) is 18.8 Å². The van der Waals surface area contributed by atoms with E-state index in [1.165, 1.54) is 0 Å². The van der Waals surface area contributed by atoms with Crippen molar-refractivity contribution in [2.75, 3.05) is 6.54 Å². The third-order valence-corrected chi connectivity index (χ3v) is 1.71. The zero-order chi connectivity index (χ0) is 7.61. The Kier molecular flexibility index (Phi) is 2.18. The van der Waals surface area contributed by atoms with Gasteiger partial charge >= 0.3 is 6.18 Å². The molecule has 0 aromatic carbocycles. The van der Waals surface area contributed by atoms with Crippen LogP contribution in [0.4, 0.5) is 13.2 Å². The summed E-state index contributed by atoms with van der Waals surface area (Å²) in [4.78, 5) is 0. The molecule has 0 aliphatic carbocycles. The van der Waals surface area contributed by atoms with Gasteiger partial charge in [-0.2, -0.15) is 13.2 Å². The first-order chi connectivity index (χ1) is 4.61. The number of alkyl halides is 3. The fraction of sp³-hybridized carbons (Fsp3) is 1.00. The van der Waals surface area contributed by atoms with E-state index in [4.69, 9.17) is 0 Å². The van der Waals surface area contributed by atoms with E-state index in [1.807, 2.05) is 0 Å². The van der Waals surface area contributed by atoms with E-state index in [1.54, 1.807) is 0 Å². The van der Waals surface area contributed by atoms with Crippen LogP contribution in [-0.2, 0) is 0 Å². The molecule has 1 aliphatic rings. The normalized spacial score (nSPS) is 28.5. The van der Waals surface area contributed by atoms with Crippen molar-refractivity contribution >= 4 is 0 Å². The lowest BCUT2D eigenvalue weighted by Crippen LogP contribution is -2.45. The summed E-state index contributed by atoms with van der Waals surface area (Å²) >= 11 is 0. The van der Waals surface area contributed by atoms with Crippen molar-refractivity contribution in [1.29, 1.82) is 0 Å². The smallest absolute Gasteiger partial charge is 0.306 e. The van der Waals surface area contributed by atoms with E-state index in [-0.39, 0.29) is 6.42 Å². The minimum absolute atomic E-state index is 0.240. The third-order valence-electron chi connectivity index (χ3n) is 1.71. The molecular weight excluding hydrogens is 143 g/mol. The number of nitrogens with one attached hydrogen (secondary N) is 1. The highest BCUT2D eigenvalue weighted by atomic mass is 19.4. The van der Waals surface area contributed by atoms with Crippen LogP contribution in [0, 0.1) is 0 Å². The predicted molar refractivity (Wildman–Crippen MR) is 31.7 cm³/mol. The maximum atomic E-state index is 11.9. The summed E-state index contributed by atoms with van der Waals surface area (Å²) in [6, 6.07) is -1.25. The van der Waals surface area contributed by atoms with Crippen molar-refractivity contribution < 1.29 is 13.2 Å². The Morgan fingerprint density at radius 3 is 2.20 bits per heavy atom. The molecule has 1 atom stereocenters. The van der Waals surface area contributed by atoms with Crippen LogP contribution in [0.5, 0.6) is 0 Å². The second kappa shape index (κ2) is 2.78. The molecule has 10 heavy (non-hydrogen) atoms. The van der Waals surface area contributed by atoms with Crippen molar-refractivity contribution in [3.63, 3.8) is 0 Å². The van der Waals surface area contributed by atoms with Crippen molar-refractivity contribution in [3.8, 4) is 0 Å². The molecule has 4 heteroatoms. The second-order valence-corrected chi connectivity index (χ2v) is 2.54. The maximum absolute atomic E-state index is 11.9. The van der Waals surface area contributed by atoms with Crippen LogP contribution in [0.2, 0.25) is 0 Å². The summed E-state index contributed by atoms with van der Waals surface area (Å²) in [5, 5.41) is 2.43. The Bertz CT molecular complexity index is 104. The highest BCUT2D eigenvalue weighted by molar-refractivity contribution is 4.78. The molecular formula is C6H10F3N. The molecule has 60 valence electrons. The Morgan fingerprint density at radius 1 is 1.20 bits per heavy atom. The fourth-order valence-electron chi connectivity index (χ4n) is 1.13. The van der Waals surface area contributed by atoms with Gasteiger partial charge < -0.3 is 5.32 Å². The SMILES string of the molecule is FC(F)(F)[C@H]1CCCCN1. The van der Waals surface area contributed by atoms with E-state index < -0.39 is 12.2 Å². The van der Waals surface area contributed by atoms with Gasteiger partial charge in [0.05, 0.1) is 0 Å². The van der Waals surface area contributed by atoms with E-state index in [2.05, 4.69) is 5.32 Å². The lowest BCUT2D eigenvalue weighted by Gasteiger charge is -2.25. The van der Waals surface area contributed by atoms with Crippen molar-refractivity contribution in [1.82, 2.24) is 5.32 Å². The van der Waals surface area contributed by atoms with Gasteiger partial charge in [-0.05, 0) is 19.4 Å². The summed E-state index contributed by atoms with van der Waals surface area (Å²) in [5.41, 5.74) is 0. The number of hydrogen-bond acceptors (Lipinski definition) is 1. The summed E-state index contributed by atoms with van der Waals surface area (Å²) in [7, 11) is 0. The predicted octanol–water partition coefficient (Wildman–Crippen LogP) is 1.69. The largest absolute Gasteiger partial charge is 0.403 e. The first-order valence-electron chi connectivity index (χ1n) is 3.41. The summed E-state index contributed by atoms with van der Waals surface area (Å²) in [6.07, 6.45) is -2.24. The molecule has 0 bridgehead atoms. The third kappa shape index (κ3) is 1.87. The second-order valence-electron chi connectivity index (χ2n) is 2.54. The van der Waals surface area contributed by atoms with Gasteiger partial charge in [-0.1, -0.05) is 6.42 Å². The molecule has 0 aromatic heterocycles. The van der Waals surface area contributed by atoms with Crippen LogP contribution in [0.15, 0.2) is 0 Å². The average molecular weight is 153 g/mol. The summed E-state index contributed by atoms with van der Waals surface area (Å²) in [5.74, 6) is 0. The highest BCUT2D eigenvalue weighted by Crippen LogP contribution is 2.25. The molecule has 1 N–H and O–H groups in total. The van der Waals surface area contributed by atoms with E-state index >= 15 is 0 Å². The van der Waals surface area contributed by atoms with Crippen molar-refractivity contribution in [2.45, 2.75) is 31.5 Å². The fourth-order valence-corrected chi connectivity index (χ4v) is 1.13. The van der Waals surface area contributed by atoms with Crippen LogP contribution < -0.4 is 5.32 Å². The molecule has 1 saturated heterocycles. The quantitative estimate of drug-likeness (QED) is 0.558. The van der Waals surface area contributed by atoms with Gasteiger partial charge in [-0.25, -0.2) is 0 Å². The zero-order valence-corrected chi connectivity index (χ0v) is 5.54. The molecule has 1 nitrogen and oxygen atoms in total. The first-order valence-corrected chi connectivity index (χ1v) is 3.41. The van der Waals surface area contributed by atoms with Crippen LogP contribution >= 0.6 is 0 Å². The number of hydrogen-bond donors (Lipinski definition) is 1. The van der Waals surface area contributed by atoms with Gasteiger partial charge in [-0.3, -0.25) is 0 Å². The molecule has 1 aliphatic heterocycles. The monoisotopic (exact) mass is 153 g/mol. The van der Waals surface area contributed by atoms with Gasteiger partial charge in [-0.15, -0.1) is 0 Å². The molecule has 1 rings (SSSR count). The molecule has 0 aromatic rings. The van der Waals surface area contributed by atoms with E-state index in [9.17, 15) is 13.2 Å². The standard InChI is InChI=1S/C6H10F3N/c7-6(8,9)5-3-1-2-4-10-5/h5,10H,1-4H2/t5-/m1/s1. The Morgan fingerprint density at radius 2 is 1.90 bits per heavy atom. The Hall–Kier alpha value is -0.250. The lowest BCUT2D eigenvalue weighted by molar-refractivity contribution is -0.160. The van der Waals surface area contributed by atoms with Crippen molar-refractivity contribution in [3.05, 3.63) is 0 Å². The van der Waals surface area contributed by atoms with Gasteiger partial charge in [0.25, 0.3) is 0 Å². The molecule has 0 amide bonds. The number of rotatable bonds is 0. The molecule has 1 fully saturated rings. The van der Waals surface area contributed by atoms with Crippen LogP contribution in [0.3, 0.4) is 0 Å².